The molecular formula is C10H14N6O3. The van der Waals surface area contributed by atoms with E-state index in [2.05, 4.69) is 20.5 Å². The topological polar surface area (TPSA) is 111 Å². The Morgan fingerprint density at radius 2 is 2.32 bits per heavy atom. The van der Waals surface area contributed by atoms with Crippen molar-refractivity contribution in [3.63, 3.8) is 0 Å². The molecule has 0 bridgehead atoms. The second-order valence-corrected chi connectivity index (χ2v) is 4.17. The molecule has 0 aromatic carbocycles. The fraction of sp³-hybridized carbons (Fsp3) is 0.500. The molecule has 1 aliphatic rings. The fourth-order valence-electron chi connectivity index (χ4n) is 1.75. The molecule has 0 spiro atoms. The van der Waals surface area contributed by atoms with Crippen LogP contribution in [-0.2, 0) is 9.59 Å². The Labute approximate surface area is 109 Å². The smallest absolute Gasteiger partial charge is 0.318 e. The quantitative estimate of drug-likeness (QED) is 0.692. The zero-order valence-corrected chi connectivity index (χ0v) is 10.4. The summed E-state index contributed by atoms with van der Waals surface area (Å²) < 4.78 is 0. The van der Waals surface area contributed by atoms with Crippen LogP contribution in [0.2, 0.25) is 0 Å². The molecule has 1 saturated heterocycles. The molecule has 1 aromatic rings. The summed E-state index contributed by atoms with van der Waals surface area (Å²) in [6.45, 7) is 0.342. The Morgan fingerprint density at radius 1 is 1.53 bits per heavy atom. The first-order valence-electron chi connectivity index (χ1n) is 5.78. The van der Waals surface area contributed by atoms with Gasteiger partial charge in [-0.25, -0.2) is 9.89 Å². The third-order valence-electron chi connectivity index (χ3n) is 2.69. The lowest BCUT2D eigenvalue weighted by Crippen LogP contribution is -2.32. The highest BCUT2D eigenvalue weighted by atomic mass is 16.2. The minimum Gasteiger partial charge on any atom is -0.318 e. The molecule has 0 unspecified atom stereocenters. The van der Waals surface area contributed by atoms with Crippen LogP contribution in [0.25, 0.3) is 0 Å². The predicted molar refractivity (Wildman–Crippen MR) is 64.0 cm³/mol. The van der Waals surface area contributed by atoms with Crippen LogP contribution in [0.1, 0.15) is 12.8 Å². The fourth-order valence-corrected chi connectivity index (χ4v) is 1.75. The van der Waals surface area contributed by atoms with Gasteiger partial charge >= 0.3 is 6.03 Å². The van der Waals surface area contributed by atoms with Crippen molar-refractivity contribution >= 4 is 23.8 Å². The Bertz CT molecular complexity index is 485. The molecule has 1 aromatic heterocycles. The number of aromatic nitrogens is 3. The molecule has 9 nitrogen and oxygen atoms in total. The monoisotopic (exact) mass is 266 g/mol. The number of nitrogens with one attached hydrogen (secondary N) is 2. The summed E-state index contributed by atoms with van der Waals surface area (Å²) in [7, 11) is 1.57. The molecule has 1 fully saturated rings. The van der Waals surface area contributed by atoms with Crippen LogP contribution in [-0.4, -0.2) is 63.0 Å². The average Bonchev–Trinajstić information content (AvgIpc) is 2.93. The second-order valence-electron chi connectivity index (χ2n) is 4.17. The Kier molecular flexibility index (Phi) is 3.74. The molecule has 1 aliphatic heterocycles. The van der Waals surface area contributed by atoms with Crippen molar-refractivity contribution in [2.75, 3.05) is 25.5 Å². The number of hydrogen-bond acceptors (Lipinski definition) is 5. The van der Waals surface area contributed by atoms with Crippen molar-refractivity contribution in [2.24, 2.45) is 0 Å². The standard InChI is InChI=1S/C10H14N6O3/c1-15-5-8(18)16(10(15)19)4-2-3-7(17)13-9-11-6-12-14-9/h6H,2-5H2,1H3,(H2,11,12,13,14,17). The SMILES string of the molecule is CN1CC(=O)N(CCCC(=O)Nc2ncn[nH]2)C1=O. The molecule has 102 valence electrons. The highest BCUT2D eigenvalue weighted by Gasteiger charge is 2.32. The van der Waals surface area contributed by atoms with E-state index in [0.717, 1.165) is 4.90 Å². The third kappa shape index (κ3) is 3.06. The van der Waals surface area contributed by atoms with Crippen LogP contribution < -0.4 is 5.32 Å². The van der Waals surface area contributed by atoms with Crippen LogP contribution in [0, 0.1) is 0 Å². The lowest BCUT2D eigenvalue weighted by molar-refractivity contribution is -0.125. The highest BCUT2D eigenvalue weighted by Crippen LogP contribution is 2.09. The van der Waals surface area contributed by atoms with Gasteiger partial charge in [-0.2, -0.15) is 10.1 Å². The van der Waals surface area contributed by atoms with E-state index in [1.807, 2.05) is 0 Å². The van der Waals surface area contributed by atoms with Crippen LogP contribution in [0.5, 0.6) is 0 Å². The summed E-state index contributed by atoms with van der Waals surface area (Å²) in [5, 5.41) is 8.61. The molecule has 2 rings (SSSR count). The lowest BCUT2D eigenvalue weighted by atomic mass is 10.3. The van der Waals surface area contributed by atoms with E-state index in [0.29, 0.717) is 6.42 Å². The molecule has 2 N–H and O–H groups in total. The van der Waals surface area contributed by atoms with E-state index in [9.17, 15) is 14.4 Å². The van der Waals surface area contributed by atoms with Gasteiger partial charge in [-0.05, 0) is 6.42 Å². The number of carbonyl (C=O) groups is 3. The first-order chi connectivity index (χ1) is 9.08. The highest BCUT2D eigenvalue weighted by molar-refractivity contribution is 6.01. The summed E-state index contributed by atoms with van der Waals surface area (Å²) in [5.74, 6) is -0.203. The number of hydrogen-bond donors (Lipinski definition) is 2. The number of amides is 4. The van der Waals surface area contributed by atoms with Gasteiger partial charge in [-0.3, -0.25) is 19.8 Å². The van der Waals surface area contributed by atoms with Crippen molar-refractivity contribution in [3.8, 4) is 0 Å². The van der Waals surface area contributed by atoms with Crippen LogP contribution in [0.3, 0.4) is 0 Å². The lowest BCUT2D eigenvalue weighted by Gasteiger charge is -2.13. The van der Waals surface area contributed by atoms with Crippen molar-refractivity contribution in [1.29, 1.82) is 0 Å². The van der Waals surface area contributed by atoms with Crippen molar-refractivity contribution in [2.45, 2.75) is 12.8 Å². The van der Waals surface area contributed by atoms with Gasteiger partial charge in [-0.1, -0.05) is 0 Å². The summed E-state index contributed by atoms with van der Waals surface area (Å²) in [6, 6.07) is -0.319. The van der Waals surface area contributed by atoms with Crippen LogP contribution in [0.4, 0.5) is 10.7 Å². The minimum absolute atomic E-state index is 0.100. The van der Waals surface area contributed by atoms with E-state index in [-0.39, 0.29) is 43.3 Å². The van der Waals surface area contributed by atoms with Gasteiger partial charge in [0.2, 0.25) is 17.8 Å². The molecule has 0 aliphatic carbocycles. The van der Waals surface area contributed by atoms with Gasteiger partial charge in [0.15, 0.2) is 0 Å². The van der Waals surface area contributed by atoms with Crippen molar-refractivity contribution in [1.82, 2.24) is 25.0 Å². The first-order valence-corrected chi connectivity index (χ1v) is 5.78. The number of H-pyrrole nitrogens is 1. The molecule has 0 atom stereocenters. The molecule has 4 amide bonds. The maximum atomic E-state index is 11.6. The Morgan fingerprint density at radius 3 is 2.89 bits per heavy atom. The maximum absolute atomic E-state index is 11.6. The van der Waals surface area contributed by atoms with E-state index in [1.165, 1.54) is 11.2 Å². The zero-order valence-electron chi connectivity index (χ0n) is 10.4. The predicted octanol–water partition coefficient (Wildman–Crippen LogP) is -0.583. The number of rotatable bonds is 5. The first kappa shape index (κ1) is 13.0. The molecule has 0 radical (unpaired) electrons. The van der Waals surface area contributed by atoms with Gasteiger partial charge in [-0.15, -0.1) is 0 Å². The molecule has 9 heteroatoms. The summed E-state index contributed by atoms with van der Waals surface area (Å²) >= 11 is 0. The van der Waals surface area contributed by atoms with Crippen LogP contribution in [0.15, 0.2) is 6.33 Å². The molecular weight excluding hydrogens is 252 g/mol. The van der Waals surface area contributed by atoms with Crippen LogP contribution >= 0.6 is 0 Å². The second kappa shape index (κ2) is 5.46. The Hall–Kier alpha value is -2.45. The molecule has 0 saturated carbocycles. The van der Waals surface area contributed by atoms with Gasteiger partial charge in [0.05, 0.1) is 0 Å². The van der Waals surface area contributed by atoms with Crippen molar-refractivity contribution in [3.05, 3.63) is 6.33 Å². The average molecular weight is 266 g/mol. The van der Waals surface area contributed by atoms with E-state index >= 15 is 0 Å². The summed E-state index contributed by atoms with van der Waals surface area (Å²) in [6.07, 6.45) is 1.89. The number of imide groups is 1. The van der Waals surface area contributed by atoms with Gasteiger partial charge in [0.1, 0.15) is 12.9 Å². The van der Waals surface area contributed by atoms with E-state index in [1.54, 1.807) is 7.05 Å². The zero-order chi connectivity index (χ0) is 13.8. The number of aromatic amines is 1. The summed E-state index contributed by atoms with van der Waals surface area (Å²) in [5.41, 5.74) is 0. The van der Waals surface area contributed by atoms with E-state index in [4.69, 9.17) is 0 Å². The number of carbonyl (C=O) groups excluding carboxylic acids is 3. The number of urea groups is 1. The maximum Gasteiger partial charge on any atom is 0.326 e. The molecule has 19 heavy (non-hydrogen) atoms. The van der Waals surface area contributed by atoms with Gasteiger partial charge in [0.25, 0.3) is 0 Å². The normalized spacial score (nSPS) is 15.2. The van der Waals surface area contributed by atoms with Gasteiger partial charge < -0.3 is 4.90 Å². The largest absolute Gasteiger partial charge is 0.326 e. The third-order valence-corrected chi connectivity index (χ3v) is 2.69. The van der Waals surface area contributed by atoms with E-state index < -0.39 is 0 Å². The summed E-state index contributed by atoms with van der Waals surface area (Å²) in [4.78, 5) is 40.8. The number of anilines is 1. The van der Waals surface area contributed by atoms with Crippen molar-refractivity contribution < 1.29 is 14.4 Å². The Balaban J connectivity index is 1.73. The number of likely N-dealkylation sites (N-methyl/N-ethyl adjacent to an activating group) is 1. The molecule has 2 heterocycles. The minimum atomic E-state index is -0.319. The number of nitrogens with zero attached hydrogens (tertiary/aromatic N) is 4. The van der Waals surface area contributed by atoms with Gasteiger partial charge in [0, 0.05) is 20.0 Å².